The van der Waals surface area contributed by atoms with E-state index in [-0.39, 0.29) is 18.3 Å². The molecular weight excluding hydrogens is 361 g/mol. The molecule has 0 saturated heterocycles. The standard InChI is InChI=1S/C18H19BrFNO2/c1-21(12-14-11-15(19)7-8-17(14)20)18(22)9-6-13-4-3-5-16(10-13)23-2/h3-5,7-8,10-11H,6,9,12H2,1-2H3. The summed E-state index contributed by atoms with van der Waals surface area (Å²) >= 11 is 3.32. The predicted molar refractivity (Wildman–Crippen MR) is 91.9 cm³/mol. The zero-order valence-corrected chi connectivity index (χ0v) is 14.8. The molecule has 23 heavy (non-hydrogen) atoms. The number of nitrogens with zero attached hydrogens (tertiary/aromatic N) is 1. The summed E-state index contributed by atoms with van der Waals surface area (Å²) in [6.45, 7) is 0.252. The summed E-state index contributed by atoms with van der Waals surface area (Å²) in [6.07, 6.45) is 1.00. The van der Waals surface area contributed by atoms with Gasteiger partial charge in [0.25, 0.3) is 0 Å². The smallest absolute Gasteiger partial charge is 0.222 e. The van der Waals surface area contributed by atoms with Gasteiger partial charge in [0, 0.05) is 30.0 Å². The molecule has 0 aliphatic heterocycles. The molecule has 0 aromatic heterocycles. The average Bonchev–Trinajstić information content (AvgIpc) is 2.56. The molecule has 3 nitrogen and oxygen atoms in total. The highest BCUT2D eigenvalue weighted by atomic mass is 79.9. The second kappa shape index (κ2) is 8.11. The van der Waals surface area contributed by atoms with Crippen molar-refractivity contribution in [1.29, 1.82) is 0 Å². The van der Waals surface area contributed by atoms with Gasteiger partial charge in [-0.15, -0.1) is 0 Å². The van der Waals surface area contributed by atoms with Gasteiger partial charge in [0.2, 0.25) is 5.91 Å². The Morgan fingerprint density at radius 2 is 2.04 bits per heavy atom. The summed E-state index contributed by atoms with van der Waals surface area (Å²) in [5.41, 5.74) is 1.54. The zero-order valence-electron chi connectivity index (χ0n) is 13.2. The number of aryl methyl sites for hydroxylation is 1. The van der Waals surface area contributed by atoms with Gasteiger partial charge in [-0.25, -0.2) is 4.39 Å². The maximum Gasteiger partial charge on any atom is 0.222 e. The summed E-state index contributed by atoms with van der Waals surface area (Å²) in [4.78, 5) is 13.8. The first-order chi connectivity index (χ1) is 11.0. The van der Waals surface area contributed by atoms with Crippen molar-refractivity contribution < 1.29 is 13.9 Å². The van der Waals surface area contributed by atoms with Crippen LogP contribution in [-0.4, -0.2) is 25.0 Å². The van der Waals surface area contributed by atoms with Gasteiger partial charge in [-0.2, -0.15) is 0 Å². The number of amides is 1. The van der Waals surface area contributed by atoms with E-state index in [1.54, 1.807) is 31.2 Å². The van der Waals surface area contributed by atoms with E-state index in [9.17, 15) is 9.18 Å². The fourth-order valence-corrected chi connectivity index (χ4v) is 2.69. The summed E-state index contributed by atoms with van der Waals surface area (Å²) in [5.74, 6) is 0.451. The van der Waals surface area contributed by atoms with E-state index in [2.05, 4.69) is 15.9 Å². The van der Waals surface area contributed by atoms with Gasteiger partial charge < -0.3 is 9.64 Å². The van der Waals surface area contributed by atoms with Crippen molar-refractivity contribution in [3.05, 3.63) is 63.9 Å². The van der Waals surface area contributed by atoms with Crippen molar-refractivity contribution >= 4 is 21.8 Å². The van der Waals surface area contributed by atoms with Gasteiger partial charge in [-0.05, 0) is 42.3 Å². The van der Waals surface area contributed by atoms with Gasteiger partial charge >= 0.3 is 0 Å². The van der Waals surface area contributed by atoms with Crippen LogP contribution < -0.4 is 4.74 Å². The maximum absolute atomic E-state index is 13.8. The first-order valence-corrected chi connectivity index (χ1v) is 8.09. The number of benzene rings is 2. The fraction of sp³-hybridized carbons (Fsp3) is 0.278. The molecule has 0 aliphatic rings. The van der Waals surface area contributed by atoms with Crippen molar-refractivity contribution in [1.82, 2.24) is 4.90 Å². The first kappa shape index (κ1) is 17.5. The minimum absolute atomic E-state index is 0.0211. The Morgan fingerprint density at radius 1 is 1.26 bits per heavy atom. The second-order valence-electron chi connectivity index (χ2n) is 5.34. The summed E-state index contributed by atoms with van der Waals surface area (Å²) < 4.78 is 19.7. The molecule has 0 unspecified atom stereocenters. The number of hydrogen-bond donors (Lipinski definition) is 0. The Labute approximate surface area is 144 Å². The van der Waals surface area contributed by atoms with Crippen molar-refractivity contribution in [2.24, 2.45) is 0 Å². The van der Waals surface area contributed by atoms with Gasteiger partial charge in [-0.3, -0.25) is 4.79 Å². The van der Waals surface area contributed by atoms with Crippen molar-refractivity contribution in [2.45, 2.75) is 19.4 Å². The van der Waals surface area contributed by atoms with Gasteiger partial charge in [0.1, 0.15) is 11.6 Å². The van der Waals surface area contributed by atoms with Crippen LogP contribution in [0.15, 0.2) is 46.9 Å². The number of rotatable bonds is 6. The lowest BCUT2D eigenvalue weighted by Gasteiger charge is -2.18. The third kappa shape index (κ3) is 5.06. The van der Waals surface area contributed by atoms with E-state index in [1.807, 2.05) is 24.3 Å². The second-order valence-corrected chi connectivity index (χ2v) is 6.25. The van der Waals surface area contributed by atoms with E-state index in [4.69, 9.17) is 4.74 Å². The van der Waals surface area contributed by atoms with E-state index < -0.39 is 0 Å². The molecule has 2 rings (SSSR count). The Morgan fingerprint density at radius 3 is 2.78 bits per heavy atom. The van der Waals surface area contributed by atoms with Crippen molar-refractivity contribution in [3.63, 3.8) is 0 Å². The van der Waals surface area contributed by atoms with E-state index in [0.29, 0.717) is 18.4 Å². The number of methoxy groups -OCH3 is 1. The number of hydrogen-bond acceptors (Lipinski definition) is 2. The number of ether oxygens (including phenoxy) is 1. The lowest BCUT2D eigenvalue weighted by Crippen LogP contribution is -2.26. The highest BCUT2D eigenvalue weighted by molar-refractivity contribution is 9.10. The van der Waals surface area contributed by atoms with Crippen LogP contribution >= 0.6 is 15.9 Å². The molecule has 1 amide bonds. The van der Waals surface area contributed by atoms with E-state index in [0.717, 1.165) is 15.8 Å². The fourth-order valence-electron chi connectivity index (χ4n) is 2.28. The molecule has 5 heteroatoms. The minimum Gasteiger partial charge on any atom is -0.497 e. The largest absolute Gasteiger partial charge is 0.497 e. The number of carbonyl (C=O) groups is 1. The summed E-state index contributed by atoms with van der Waals surface area (Å²) in [7, 11) is 3.30. The molecule has 0 heterocycles. The molecule has 0 N–H and O–H groups in total. The van der Waals surface area contributed by atoms with Gasteiger partial charge in [0.05, 0.1) is 7.11 Å². The van der Waals surface area contributed by atoms with Crippen LogP contribution in [0.2, 0.25) is 0 Å². The molecular formula is C18H19BrFNO2. The third-order valence-electron chi connectivity index (χ3n) is 3.60. The van der Waals surface area contributed by atoms with E-state index >= 15 is 0 Å². The predicted octanol–water partition coefficient (Wildman–Crippen LogP) is 4.19. The lowest BCUT2D eigenvalue weighted by atomic mass is 10.1. The first-order valence-electron chi connectivity index (χ1n) is 7.30. The molecule has 0 aliphatic carbocycles. The number of halogens is 2. The van der Waals surface area contributed by atoms with Crippen molar-refractivity contribution in [3.8, 4) is 5.75 Å². The van der Waals surface area contributed by atoms with Crippen LogP contribution in [0.5, 0.6) is 5.75 Å². The Balaban J connectivity index is 1.93. The highest BCUT2D eigenvalue weighted by Gasteiger charge is 2.12. The summed E-state index contributed by atoms with van der Waals surface area (Å²) in [5, 5.41) is 0. The third-order valence-corrected chi connectivity index (χ3v) is 4.10. The maximum atomic E-state index is 13.8. The normalized spacial score (nSPS) is 10.4. The molecule has 0 saturated carbocycles. The highest BCUT2D eigenvalue weighted by Crippen LogP contribution is 2.18. The van der Waals surface area contributed by atoms with Gasteiger partial charge in [-0.1, -0.05) is 28.1 Å². The molecule has 0 spiro atoms. The Bertz CT molecular complexity index is 690. The van der Waals surface area contributed by atoms with Crippen LogP contribution in [0.4, 0.5) is 4.39 Å². The van der Waals surface area contributed by atoms with Gasteiger partial charge in [0.15, 0.2) is 0 Å². The van der Waals surface area contributed by atoms with Crippen LogP contribution in [0.1, 0.15) is 17.5 Å². The molecule has 0 atom stereocenters. The minimum atomic E-state index is -0.305. The molecule has 2 aromatic rings. The SMILES string of the molecule is COc1cccc(CCC(=O)N(C)Cc2cc(Br)ccc2F)c1. The number of carbonyl (C=O) groups excluding carboxylic acids is 1. The summed E-state index contributed by atoms with van der Waals surface area (Å²) in [6, 6.07) is 12.4. The molecule has 0 bridgehead atoms. The Kier molecular flexibility index (Phi) is 6.16. The van der Waals surface area contributed by atoms with E-state index in [1.165, 1.54) is 6.07 Å². The average molecular weight is 380 g/mol. The lowest BCUT2D eigenvalue weighted by molar-refractivity contribution is -0.130. The van der Waals surface area contributed by atoms with Crippen LogP contribution in [0.3, 0.4) is 0 Å². The van der Waals surface area contributed by atoms with Crippen LogP contribution in [0.25, 0.3) is 0 Å². The topological polar surface area (TPSA) is 29.5 Å². The molecule has 0 radical (unpaired) electrons. The van der Waals surface area contributed by atoms with Crippen LogP contribution in [-0.2, 0) is 17.8 Å². The molecule has 2 aromatic carbocycles. The molecule has 122 valence electrons. The molecule has 0 fully saturated rings. The zero-order chi connectivity index (χ0) is 16.8. The quantitative estimate of drug-likeness (QED) is 0.752. The van der Waals surface area contributed by atoms with Crippen LogP contribution in [0, 0.1) is 5.82 Å². The Hall–Kier alpha value is -1.88. The van der Waals surface area contributed by atoms with Crippen molar-refractivity contribution in [2.75, 3.05) is 14.2 Å². The monoisotopic (exact) mass is 379 g/mol.